The van der Waals surface area contributed by atoms with Gasteiger partial charge in [-0.25, -0.2) is 4.39 Å². The summed E-state index contributed by atoms with van der Waals surface area (Å²) in [6.45, 7) is 5.88. The van der Waals surface area contributed by atoms with Crippen LogP contribution in [0.2, 0.25) is 0 Å². The molecule has 106 valence electrons. The molecule has 0 saturated carbocycles. The lowest BCUT2D eigenvalue weighted by Gasteiger charge is -2.06. The number of aromatic amines is 1. The van der Waals surface area contributed by atoms with Crippen molar-refractivity contribution in [3.63, 3.8) is 0 Å². The molecular weight excluding hydrogens is 267 g/mol. The Morgan fingerprint density at radius 1 is 1.10 bits per heavy atom. The molecule has 4 heteroatoms. The second kappa shape index (κ2) is 5.76. The van der Waals surface area contributed by atoms with Crippen molar-refractivity contribution in [3.05, 3.63) is 57.6 Å². The van der Waals surface area contributed by atoms with E-state index in [0.29, 0.717) is 16.2 Å². The van der Waals surface area contributed by atoms with Crippen LogP contribution in [0.3, 0.4) is 0 Å². The lowest BCUT2D eigenvalue weighted by Crippen LogP contribution is -2.07. The Hall–Kier alpha value is -2.67. The number of pyridine rings is 1. The zero-order valence-electron chi connectivity index (χ0n) is 12.1. The molecule has 3 rings (SSSR count). The summed E-state index contributed by atoms with van der Waals surface area (Å²) in [5, 5.41) is 10.6. The number of halogens is 1. The quantitative estimate of drug-likeness (QED) is 0.633. The molecule has 0 spiro atoms. The van der Waals surface area contributed by atoms with Gasteiger partial charge in [-0.15, -0.1) is 0 Å². The van der Waals surface area contributed by atoms with E-state index in [2.05, 4.69) is 4.98 Å². The van der Waals surface area contributed by atoms with Gasteiger partial charge in [0.1, 0.15) is 5.82 Å². The van der Waals surface area contributed by atoms with Gasteiger partial charge in [0, 0.05) is 10.8 Å². The van der Waals surface area contributed by atoms with Gasteiger partial charge in [0.25, 0.3) is 5.56 Å². The van der Waals surface area contributed by atoms with Gasteiger partial charge in [-0.2, -0.15) is 5.26 Å². The number of fused-ring (bicyclic) bond motifs is 3. The Bertz CT molecular complexity index is 920. The number of H-pyrrole nitrogens is 1. The number of aryl methyl sites for hydroxylation is 1. The molecule has 0 unspecified atom stereocenters. The van der Waals surface area contributed by atoms with Crippen molar-refractivity contribution in [2.24, 2.45) is 0 Å². The smallest absolute Gasteiger partial charge is 0.256 e. The third-order valence-corrected chi connectivity index (χ3v) is 3.17. The maximum Gasteiger partial charge on any atom is 0.256 e. The van der Waals surface area contributed by atoms with E-state index in [4.69, 9.17) is 5.26 Å². The van der Waals surface area contributed by atoms with E-state index in [1.165, 1.54) is 0 Å². The number of nitriles is 1. The fourth-order valence-electron chi connectivity index (χ4n) is 2.27. The molecule has 0 saturated heterocycles. The number of rotatable bonds is 0. The Kier molecular flexibility index (Phi) is 4.04. The van der Waals surface area contributed by atoms with E-state index in [9.17, 15) is 9.18 Å². The molecule has 3 nitrogen and oxygen atoms in total. The SMILES string of the molecule is CC.Cc1ccc2c(c1)c(=O)[nH]c1c(F)cc(C#N)cc12. The average Bonchev–Trinajstić information content (AvgIpc) is 2.50. The first-order valence-corrected chi connectivity index (χ1v) is 6.76. The maximum atomic E-state index is 13.9. The van der Waals surface area contributed by atoms with Crippen molar-refractivity contribution < 1.29 is 4.39 Å². The molecule has 1 heterocycles. The summed E-state index contributed by atoms with van der Waals surface area (Å²) in [7, 11) is 0. The van der Waals surface area contributed by atoms with Crippen LogP contribution in [0.25, 0.3) is 21.7 Å². The summed E-state index contributed by atoms with van der Waals surface area (Å²) in [5.41, 5.74) is 1.00. The van der Waals surface area contributed by atoms with Gasteiger partial charge in [-0.1, -0.05) is 31.5 Å². The van der Waals surface area contributed by atoms with E-state index in [1.54, 1.807) is 18.2 Å². The van der Waals surface area contributed by atoms with Gasteiger partial charge in [-0.05, 0) is 30.5 Å². The topological polar surface area (TPSA) is 56.6 Å². The zero-order valence-corrected chi connectivity index (χ0v) is 12.1. The molecule has 0 bridgehead atoms. The van der Waals surface area contributed by atoms with Gasteiger partial charge < -0.3 is 4.98 Å². The highest BCUT2D eigenvalue weighted by atomic mass is 19.1. The summed E-state index contributed by atoms with van der Waals surface area (Å²) in [6.07, 6.45) is 0. The fourth-order valence-corrected chi connectivity index (χ4v) is 2.27. The Balaban J connectivity index is 0.000000774. The minimum Gasteiger partial charge on any atom is -0.319 e. The Morgan fingerprint density at radius 3 is 2.48 bits per heavy atom. The van der Waals surface area contributed by atoms with Crippen LogP contribution in [0, 0.1) is 24.1 Å². The highest BCUT2D eigenvalue weighted by molar-refractivity contribution is 6.05. The first kappa shape index (κ1) is 14.7. The average molecular weight is 282 g/mol. The molecule has 0 atom stereocenters. The molecule has 0 aliphatic carbocycles. The second-order valence-corrected chi connectivity index (χ2v) is 4.50. The fraction of sp³-hybridized carbons (Fsp3) is 0.176. The number of hydrogen-bond acceptors (Lipinski definition) is 2. The van der Waals surface area contributed by atoms with Gasteiger partial charge in [0.2, 0.25) is 0 Å². The van der Waals surface area contributed by atoms with Crippen molar-refractivity contribution in [1.29, 1.82) is 5.26 Å². The normalized spacial score (nSPS) is 10.0. The number of nitrogens with one attached hydrogen (secondary N) is 1. The van der Waals surface area contributed by atoms with Gasteiger partial charge >= 0.3 is 0 Å². The van der Waals surface area contributed by atoms with Crippen LogP contribution < -0.4 is 5.56 Å². The van der Waals surface area contributed by atoms with Crippen LogP contribution in [0.15, 0.2) is 35.1 Å². The lowest BCUT2D eigenvalue weighted by molar-refractivity contribution is 0.636. The van der Waals surface area contributed by atoms with Crippen molar-refractivity contribution in [1.82, 2.24) is 4.98 Å². The predicted molar refractivity (Wildman–Crippen MR) is 82.8 cm³/mol. The van der Waals surface area contributed by atoms with Crippen LogP contribution in [-0.4, -0.2) is 4.98 Å². The third-order valence-electron chi connectivity index (χ3n) is 3.17. The van der Waals surface area contributed by atoms with E-state index in [0.717, 1.165) is 11.6 Å². The molecule has 1 aromatic heterocycles. The van der Waals surface area contributed by atoms with Crippen molar-refractivity contribution >= 4 is 21.7 Å². The van der Waals surface area contributed by atoms with Crippen molar-refractivity contribution in [3.8, 4) is 6.07 Å². The van der Waals surface area contributed by atoms with E-state index < -0.39 is 5.82 Å². The summed E-state index contributed by atoms with van der Waals surface area (Å²) in [5.74, 6) is -0.589. The minimum atomic E-state index is -0.589. The minimum absolute atomic E-state index is 0.139. The largest absolute Gasteiger partial charge is 0.319 e. The Labute approximate surface area is 121 Å². The van der Waals surface area contributed by atoms with Crippen LogP contribution >= 0.6 is 0 Å². The molecular formula is C17H15FN2O. The van der Waals surface area contributed by atoms with E-state index >= 15 is 0 Å². The highest BCUT2D eigenvalue weighted by Crippen LogP contribution is 2.25. The van der Waals surface area contributed by atoms with Gasteiger partial charge in [0.15, 0.2) is 0 Å². The molecule has 0 fully saturated rings. The van der Waals surface area contributed by atoms with Crippen LogP contribution in [0.4, 0.5) is 4.39 Å². The standard InChI is InChI=1S/C15H9FN2O.C2H6/c1-8-2-3-10-11-5-9(7-17)6-13(16)14(11)18-15(19)12(10)4-8;1-2/h2-6H,1H3,(H,18,19);1-2H3. The number of nitrogens with zero attached hydrogens (tertiary/aromatic N) is 1. The van der Waals surface area contributed by atoms with Crippen LogP contribution in [-0.2, 0) is 0 Å². The third kappa shape index (κ3) is 2.50. The number of aromatic nitrogens is 1. The van der Waals surface area contributed by atoms with Crippen LogP contribution in [0.5, 0.6) is 0 Å². The first-order chi connectivity index (χ1) is 10.1. The molecule has 21 heavy (non-hydrogen) atoms. The predicted octanol–water partition coefficient (Wildman–Crippen LogP) is 4.03. The van der Waals surface area contributed by atoms with E-state index in [-0.39, 0.29) is 16.6 Å². The summed E-state index contributed by atoms with van der Waals surface area (Å²) in [6, 6.07) is 10.0. The Morgan fingerprint density at radius 2 is 1.81 bits per heavy atom. The number of hydrogen-bond donors (Lipinski definition) is 1. The monoisotopic (exact) mass is 282 g/mol. The van der Waals surface area contributed by atoms with E-state index in [1.807, 2.05) is 32.9 Å². The molecule has 2 aromatic carbocycles. The number of benzene rings is 2. The molecule has 0 amide bonds. The van der Waals surface area contributed by atoms with Gasteiger partial charge in [-0.3, -0.25) is 4.79 Å². The zero-order chi connectivity index (χ0) is 15.6. The van der Waals surface area contributed by atoms with Crippen molar-refractivity contribution in [2.45, 2.75) is 20.8 Å². The first-order valence-electron chi connectivity index (χ1n) is 6.76. The molecule has 3 aromatic rings. The van der Waals surface area contributed by atoms with Crippen LogP contribution in [0.1, 0.15) is 25.0 Å². The lowest BCUT2D eigenvalue weighted by atomic mass is 10.0. The summed E-state index contributed by atoms with van der Waals surface area (Å²) >= 11 is 0. The summed E-state index contributed by atoms with van der Waals surface area (Å²) < 4.78 is 13.9. The molecule has 1 N–H and O–H groups in total. The second-order valence-electron chi connectivity index (χ2n) is 4.50. The summed E-state index contributed by atoms with van der Waals surface area (Å²) in [4.78, 5) is 14.5. The highest BCUT2D eigenvalue weighted by Gasteiger charge is 2.10. The molecule has 0 aliphatic rings. The molecule has 0 radical (unpaired) electrons. The van der Waals surface area contributed by atoms with Crippen molar-refractivity contribution in [2.75, 3.05) is 0 Å². The molecule has 0 aliphatic heterocycles. The van der Waals surface area contributed by atoms with Gasteiger partial charge in [0.05, 0.1) is 17.1 Å². The maximum absolute atomic E-state index is 13.9.